The Morgan fingerprint density at radius 1 is 1.32 bits per heavy atom. The van der Waals surface area contributed by atoms with Gasteiger partial charge in [0.25, 0.3) is 5.56 Å². The van der Waals surface area contributed by atoms with Crippen LogP contribution in [0.1, 0.15) is 17.2 Å². The Labute approximate surface area is 187 Å². The Hall–Kier alpha value is -2.46. The van der Waals surface area contributed by atoms with Crippen molar-refractivity contribution in [1.82, 2.24) is 20.0 Å². The SMILES string of the molecule is Cc1ccn(C[C@@H]2CNCCO[C@H]2c2ccc(Cl)c(F)c2)c(=O)c1-c1noc(=O)[nH]1.Cl. The average molecular weight is 471 g/mol. The van der Waals surface area contributed by atoms with Crippen LogP contribution < -0.4 is 16.6 Å². The summed E-state index contributed by atoms with van der Waals surface area (Å²) in [6.07, 6.45) is 1.26. The van der Waals surface area contributed by atoms with Crippen molar-refractivity contribution in [3.8, 4) is 11.4 Å². The van der Waals surface area contributed by atoms with E-state index in [4.69, 9.17) is 16.3 Å². The number of benzene rings is 1. The lowest BCUT2D eigenvalue weighted by Gasteiger charge is -2.26. The first-order valence-electron chi connectivity index (χ1n) is 9.47. The number of aromatic nitrogens is 3. The van der Waals surface area contributed by atoms with Gasteiger partial charge in [-0.15, -0.1) is 12.4 Å². The van der Waals surface area contributed by atoms with Gasteiger partial charge in [0.05, 0.1) is 23.3 Å². The van der Waals surface area contributed by atoms with Crippen LogP contribution in [-0.4, -0.2) is 34.4 Å². The fraction of sp³-hybridized carbons (Fsp3) is 0.350. The number of ether oxygens (including phenoxy) is 1. The third-order valence-electron chi connectivity index (χ3n) is 5.16. The van der Waals surface area contributed by atoms with Crippen molar-refractivity contribution in [2.45, 2.75) is 19.6 Å². The summed E-state index contributed by atoms with van der Waals surface area (Å²) < 4.78 is 26.1. The summed E-state index contributed by atoms with van der Waals surface area (Å²) in [6, 6.07) is 6.38. The van der Waals surface area contributed by atoms with Gasteiger partial charge in [0.15, 0.2) is 5.82 Å². The second-order valence-corrected chi connectivity index (χ2v) is 7.61. The van der Waals surface area contributed by atoms with E-state index in [1.54, 1.807) is 25.3 Å². The van der Waals surface area contributed by atoms with E-state index < -0.39 is 17.7 Å². The number of H-pyrrole nitrogens is 1. The van der Waals surface area contributed by atoms with Crippen molar-refractivity contribution in [2.24, 2.45) is 5.92 Å². The molecule has 1 aliphatic rings. The molecule has 1 aromatic carbocycles. The van der Waals surface area contributed by atoms with E-state index in [1.807, 2.05) is 0 Å². The van der Waals surface area contributed by atoms with Crippen LogP contribution in [0.2, 0.25) is 5.02 Å². The molecule has 3 heterocycles. The molecule has 1 aliphatic heterocycles. The monoisotopic (exact) mass is 470 g/mol. The summed E-state index contributed by atoms with van der Waals surface area (Å²) >= 11 is 5.82. The zero-order valence-corrected chi connectivity index (χ0v) is 18.1. The summed E-state index contributed by atoms with van der Waals surface area (Å²) in [4.78, 5) is 26.9. The lowest BCUT2D eigenvalue weighted by Crippen LogP contribution is -2.33. The topological polar surface area (TPSA) is 102 Å². The first kappa shape index (κ1) is 23.2. The van der Waals surface area contributed by atoms with E-state index in [0.717, 1.165) is 0 Å². The van der Waals surface area contributed by atoms with Gasteiger partial charge in [-0.25, -0.2) is 9.18 Å². The maximum absolute atomic E-state index is 14.0. The zero-order valence-electron chi connectivity index (χ0n) is 16.6. The van der Waals surface area contributed by atoms with E-state index >= 15 is 0 Å². The minimum atomic E-state index is -0.731. The normalized spacial score (nSPS) is 18.9. The molecule has 1 fully saturated rings. The largest absolute Gasteiger partial charge is 0.439 e. The number of pyridine rings is 1. The molecule has 3 aromatic rings. The van der Waals surface area contributed by atoms with E-state index in [9.17, 15) is 14.0 Å². The van der Waals surface area contributed by atoms with Gasteiger partial charge in [0.1, 0.15) is 5.82 Å². The van der Waals surface area contributed by atoms with Crippen LogP contribution in [-0.2, 0) is 11.3 Å². The van der Waals surface area contributed by atoms with E-state index in [1.165, 1.54) is 16.7 Å². The maximum Gasteiger partial charge on any atom is 0.439 e. The van der Waals surface area contributed by atoms with Crippen LogP contribution >= 0.6 is 24.0 Å². The van der Waals surface area contributed by atoms with E-state index in [2.05, 4.69) is 20.0 Å². The predicted molar refractivity (Wildman–Crippen MR) is 115 cm³/mol. The van der Waals surface area contributed by atoms with Crippen LogP contribution in [0.15, 0.2) is 44.6 Å². The summed E-state index contributed by atoms with van der Waals surface area (Å²) in [5.74, 6) is -1.31. The highest BCUT2D eigenvalue weighted by atomic mass is 35.5. The number of halogens is 3. The van der Waals surface area contributed by atoms with Crippen molar-refractivity contribution in [2.75, 3.05) is 19.7 Å². The molecular formula is C20H21Cl2FN4O4. The molecule has 2 atom stereocenters. The molecule has 31 heavy (non-hydrogen) atoms. The van der Waals surface area contributed by atoms with E-state index in [0.29, 0.717) is 37.4 Å². The zero-order chi connectivity index (χ0) is 21.3. The first-order chi connectivity index (χ1) is 14.4. The molecule has 0 unspecified atom stereocenters. The van der Waals surface area contributed by atoms with Crippen LogP contribution in [0.3, 0.4) is 0 Å². The fourth-order valence-corrected chi connectivity index (χ4v) is 3.81. The smallest absolute Gasteiger partial charge is 0.372 e. The number of nitrogens with zero attached hydrogens (tertiary/aromatic N) is 2. The summed E-state index contributed by atoms with van der Waals surface area (Å²) in [6.45, 7) is 3.75. The van der Waals surface area contributed by atoms with Gasteiger partial charge in [0.2, 0.25) is 0 Å². The molecule has 0 saturated carbocycles. The molecule has 8 nitrogen and oxygen atoms in total. The van der Waals surface area contributed by atoms with Crippen LogP contribution in [0.4, 0.5) is 4.39 Å². The molecule has 166 valence electrons. The van der Waals surface area contributed by atoms with Gasteiger partial charge in [0, 0.05) is 31.7 Å². The van der Waals surface area contributed by atoms with Gasteiger partial charge in [-0.3, -0.25) is 14.3 Å². The van der Waals surface area contributed by atoms with Gasteiger partial charge < -0.3 is 14.6 Å². The average Bonchev–Trinajstić information content (AvgIpc) is 3.00. The summed E-state index contributed by atoms with van der Waals surface area (Å²) in [5, 5.41) is 6.98. The minimum absolute atomic E-state index is 0. The van der Waals surface area contributed by atoms with Crippen molar-refractivity contribution >= 4 is 24.0 Å². The summed E-state index contributed by atoms with van der Waals surface area (Å²) in [5.41, 5.74) is 1.27. The molecule has 4 rings (SSSR count). The Kier molecular flexibility index (Phi) is 7.32. The molecule has 1 saturated heterocycles. The van der Waals surface area contributed by atoms with Gasteiger partial charge >= 0.3 is 5.76 Å². The van der Waals surface area contributed by atoms with Crippen LogP contribution in [0, 0.1) is 18.7 Å². The molecule has 0 amide bonds. The van der Waals surface area contributed by atoms with Gasteiger partial charge in [-0.05, 0) is 36.2 Å². The Bertz CT molecular complexity index is 1180. The highest BCUT2D eigenvalue weighted by Gasteiger charge is 2.28. The van der Waals surface area contributed by atoms with Crippen molar-refractivity contribution in [3.63, 3.8) is 0 Å². The maximum atomic E-state index is 14.0. The van der Waals surface area contributed by atoms with Crippen LogP contribution in [0.5, 0.6) is 0 Å². The number of aryl methyl sites for hydroxylation is 1. The van der Waals surface area contributed by atoms with Crippen molar-refractivity contribution < 1.29 is 13.7 Å². The molecule has 2 aromatic heterocycles. The fourth-order valence-electron chi connectivity index (χ4n) is 3.69. The number of rotatable bonds is 4. The Balaban J connectivity index is 0.00000272. The molecule has 0 radical (unpaired) electrons. The van der Waals surface area contributed by atoms with Crippen molar-refractivity contribution in [1.29, 1.82) is 0 Å². The molecule has 0 aliphatic carbocycles. The molecule has 0 bridgehead atoms. The lowest BCUT2D eigenvalue weighted by atomic mass is 9.95. The Morgan fingerprint density at radius 3 is 2.84 bits per heavy atom. The van der Waals surface area contributed by atoms with Crippen LogP contribution in [0.25, 0.3) is 11.4 Å². The number of hydrogen-bond donors (Lipinski definition) is 2. The Morgan fingerprint density at radius 2 is 2.13 bits per heavy atom. The number of hydrogen-bond acceptors (Lipinski definition) is 6. The second-order valence-electron chi connectivity index (χ2n) is 7.20. The predicted octanol–water partition coefficient (Wildman–Crippen LogP) is 2.69. The summed E-state index contributed by atoms with van der Waals surface area (Å²) in [7, 11) is 0. The standard InChI is InChI=1S/C20H20ClFN4O4.ClH/c1-11-4-6-26(19(27)16(11)18-24-20(28)30-25-18)10-13-9-23-5-7-29-17(13)12-2-3-14(21)15(22)8-12;/h2-4,6,8,13,17,23H,5,7,9-10H2,1H3,(H,24,25,28);1H/t13-,17-;/m0./s1. The highest BCUT2D eigenvalue weighted by molar-refractivity contribution is 6.30. The van der Waals surface area contributed by atoms with Gasteiger partial charge in [-0.2, -0.15) is 0 Å². The second kappa shape index (κ2) is 9.78. The lowest BCUT2D eigenvalue weighted by molar-refractivity contribution is 0.0249. The molecule has 11 heteroatoms. The first-order valence-corrected chi connectivity index (χ1v) is 9.85. The quantitative estimate of drug-likeness (QED) is 0.607. The van der Waals surface area contributed by atoms with E-state index in [-0.39, 0.29) is 40.3 Å². The van der Waals surface area contributed by atoms with Crippen molar-refractivity contribution in [3.05, 3.63) is 73.3 Å². The number of nitrogens with one attached hydrogen (secondary N) is 2. The molecular weight excluding hydrogens is 450 g/mol. The third-order valence-corrected chi connectivity index (χ3v) is 5.47. The molecule has 0 spiro atoms. The number of aromatic amines is 1. The molecule has 2 N–H and O–H groups in total. The highest BCUT2D eigenvalue weighted by Crippen LogP contribution is 2.30. The minimum Gasteiger partial charge on any atom is -0.372 e. The van der Waals surface area contributed by atoms with Gasteiger partial charge in [-0.1, -0.05) is 22.8 Å². The third kappa shape index (κ3) is 4.90.